The predicted molar refractivity (Wildman–Crippen MR) is 108 cm³/mol. The van der Waals surface area contributed by atoms with E-state index in [1.807, 2.05) is 26.8 Å². The first-order valence-electron chi connectivity index (χ1n) is 9.19. The van der Waals surface area contributed by atoms with Gasteiger partial charge in [-0.1, -0.05) is 44.2 Å². The summed E-state index contributed by atoms with van der Waals surface area (Å²) in [6.07, 6.45) is 3.96. The minimum atomic E-state index is -0.251. The van der Waals surface area contributed by atoms with E-state index in [9.17, 15) is 4.79 Å². The summed E-state index contributed by atoms with van der Waals surface area (Å²) in [5.41, 5.74) is 8.02. The fourth-order valence-corrected chi connectivity index (χ4v) is 2.97. The molecule has 0 spiro atoms. The van der Waals surface area contributed by atoms with E-state index >= 15 is 0 Å². The van der Waals surface area contributed by atoms with Crippen LogP contribution >= 0.6 is 0 Å². The van der Waals surface area contributed by atoms with Crippen molar-refractivity contribution in [2.24, 2.45) is 11.0 Å². The van der Waals surface area contributed by atoms with Crippen molar-refractivity contribution >= 4 is 11.6 Å². The lowest BCUT2D eigenvalue weighted by Crippen LogP contribution is -2.27. The Hall–Kier alpha value is -2.36. The van der Waals surface area contributed by atoms with E-state index in [-0.39, 0.29) is 12.5 Å². The molecule has 2 rings (SSSR count). The lowest BCUT2D eigenvalue weighted by molar-refractivity contribution is -0.123. The highest BCUT2D eigenvalue weighted by atomic mass is 16.5. The number of carbonyl (C=O) groups excluding carboxylic acids is 1. The van der Waals surface area contributed by atoms with Crippen LogP contribution in [0.5, 0.6) is 5.75 Å². The second kappa shape index (κ2) is 8.84. The Labute approximate surface area is 157 Å². The molecule has 0 saturated carbocycles. The Bertz CT molecular complexity index is 745. The van der Waals surface area contributed by atoms with E-state index in [0.29, 0.717) is 11.8 Å². The van der Waals surface area contributed by atoms with Gasteiger partial charge >= 0.3 is 0 Å². The van der Waals surface area contributed by atoms with E-state index < -0.39 is 0 Å². The van der Waals surface area contributed by atoms with Crippen LogP contribution < -0.4 is 10.2 Å². The second-order valence-electron chi connectivity index (χ2n) is 7.45. The third-order valence-electron chi connectivity index (χ3n) is 4.77. The van der Waals surface area contributed by atoms with Crippen LogP contribution in [0, 0.1) is 12.8 Å². The van der Waals surface area contributed by atoms with Crippen molar-refractivity contribution < 1.29 is 9.53 Å². The molecule has 0 radical (unpaired) electrons. The van der Waals surface area contributed by atoms with Gasteiger partial charge in [0.1, 0.15) is 5.75 Å². The molecule has 0 aromatic heterocycles. The van der Waals surface area contributed by atoms with E-state index in [1.54, 1.807) is 0 Å². The molecular weight excluding hydrogens is 324 g/mol. The number of carbonyl (C=O) groups is 1. The zero-order valence-electron chi connectivity index (χ0n) is 16.6. The Morgan fingerprint density at radius 3 is 2.77 bits per heavy atom. The third kappa shape index (κ3) is 5.32. The van der Waals surface area contributed by atoms with Crippen LogP contribution in [0.2, 0.25) is 0 Å². The van der Waals surface area contributed by atoms with E-state index in [1.165, 1.54) is 0 Å². The van der Waals surface area contributed by atoms with E-state index in [4.69, 9.17) is 4.74 Å². The quantitative estimate of drug-likeness (QED) is 0.583. The molecule has 26 heavy (non-hydrogen) atoms. The number of hydrazone groups is 1. The summed E-state index contributed by atoms with van der Waals surface area (Å²) < 4.78 is 5.76. The summed E-state index contributed by atoms with van der Waals surface area (Å²) >= 11 is 0. The zero-order valence-corrected chi connectivity index (χ0v) is 16.6. The van der Waals surface area contributed by atoms with Crippen molar-refractivity contribution in [1.82, 2.24) is 5.43 Å². The predicted octanol–water partition coefficient (Wildman–Crippen LogP) is 4.90. The van der Waals surface area contributed by atoms with Gasteiger partial charge in [0.2, 0.25) is 0 Å². The first kappa shape index (κ1) is 20.0. The number of hydrogen-bond acceptors (Lipinski definition) is 3. The highest BCUT2D eigenvalue weighted by Gasteiger charge is 2.19. The fourth-order valence-electron chi connectivity index (χ4n) is 2.97. The summed E-state index contributed by atoms with van der Waals surface area (Å²) in [5.74, 6) is 1.24. The molecule has 1 aliphatic carbocycles. The molecule has 0 fully saturated rings. The van der Waals surface area contributed by atoms with Crippen molar-refractivity contribution in [3.8, 4) is 5.75 Å². The topological polar surface area (TPSA) is 50.7 Å². The van der Waals surface area contributed by atoms with Crippen LogP contribution in [-0.2, 0) is 4.79 Å². The highest BCUT2D eigenvalue weighted by molar-refractivity contribution is 6.01. The van der Waals surface area contributed by atoms with Gasteiger partial charge in [0, 0.05) is 0 Å². The van der Waals surface area contributed by atoms with Gasteiger partial charge in [-0.3, -0.25) is 4.79 Å². The van der Waals surface area contributed by atoms with Crippen LogP contribution in [0.3, 0.4) is 0 Å². The van der Waals surface area contributed by atoms with Gasteiger partial charge < -0.3 is 4.74 Å². The van der Waals surface area contributed by atoms with Crippen molar-refractivity contribution in [2.75, 3.05) is 6.61 Å². The molecule has 1 N–H and O–H groups in total. The molecule has 4 nitrogen and oxygen atoms in total. The number of rotatable bonds is 6. The van der Waals surface area contributed by atoms with Crippen LogP contribution in [0.4, 0.5) is 0 Å². The molecule has 0 saturated heterocycles. The molecule has 4 heteroatoms. The molecule has 1 amide bonds. The van der Waals surface area contributed by atoms with Gasteiger partial charge in [-0.05, 0) is 68.2 Å². The van der Waals surface area contributed by atoms with E-state index in [2.05, 4.69) is 49.2 Å². The van der Waals surface area contributed by atoms with Crippen molar-refractivity contribution in [3.63, 3.8) is 0 Å². The Balaban J connectivity index is 1.97. The maximum absolute atomic E-state index is 12.2. The standard InChI is InChI=1S/C22H30N2O2/c1-14(2)18-9-8-17(6)20(12-18)23-24-22(25)13-26-21-11-16(5)7-10-19(21)15(3)4/h7-8,10-11,15,18H,1,9,12-13H2,2-6H3,(H,24,25)/t18-/m1/s1. The Morgan fingerprint density at radius 2 is 2.12 bits per heavy atom. The average Bonchev–Trinajstić information content (AvgIpc) is 2.58. The molecule has 1 atom stereocenters. The first-order chi connectivity index (χ1) is 12.3. The monoisotopic (exact) mass is 354 g/mol. The van der Waals surface area contributed by atoms with Crippen molar-refractivity contribution in [1.29, 1.82) is 0 Å². The van der Waals surface area contributed by atoms with Gasteiger partial charge in [-0.25, -0.2) is 5.43 Å². The van der Waals surface area contributed by atoms with Crippen LogP contribution in [0.15, 0.2) is 47.1 Å². The fraction of sp³-hybridized carbons (Fsp3) is 0.455. The number of amides is 1. The minimum Gasteiger partial charge on any atom is -0.483 e. The van der Waals surface area contributed by atoms with Gasteiger partial charge in [0.25, 0.3) is 5.91 Å². The minimum absolute atomic E-state index is 0.0490. The number of benzene rings is 1. The molecule has 1 aromatic rings. The SMILES string of the molecule is C=C(C)[C@@H]1CC=C(C)C(=NNC(=O)COc2cc(C)ccc2C(C)C)C1. The zero-order chi connectivity index (χ0) is 19.3. The summed E-state index contributed by atoms with van der Waals surface area (Å²) in [6, 6.07) is 6.09. The molecule has 0 heterocycles. The number of nitrogens with one attached hydrogen (secondary N) is 1. The largest absolute Gasteiger partial charge is 0.483 e. The van der Waals surface area contributed by atoms with Crippen LogP contribution in [-0.4, -0.2) is 18.2 Å². The summed E-state index contributed by atoms with van der Waals surface area (Å²) in [4.78, 5) is 12.2. The Morgan fingerprint density at radius 1 is 1.38 bits per heavy atom. The summed E-state index contributed by atoms with van der Waals surface area (Å²) in [5, 5.41) is 4.31. The number of aryl methyl sites for hydroxylation is 1. The maximum atomic E-state index is 12.2. The van der Waals surface area contributed by atoms with Gasteiger partial charge in [-0.2, -0.15) is 5.10 Å². The molecule has 1 aromatic carbocycles. The molecule has 140 valence electrons. The molecule has 1 aliphatic rings. The van der Waals surface area contributed by atoms with Gasteiger partial charge in [0.15, 0.2) is 6.61 Å². The number of nitrogens with zero attached hydrogens (tertiary/aromatic N) is 1. The third-order valence-corrected chi connectivity index (χ3v) is 4.77. The number of hydrogen-bond donors (Lipinski definition) is 1. The molecule has 0 bridgehead atoms. The first-order valence-corrected chi connectivity index (χ1v) is 9.19. The second-order valence-corrected chi connectivity index (χ2v) is 7.45. The lowest BCUT2D eigenvalue weighted by Gasteiger charge is -2.22. The van der Waals surface area contributed by atoms with Crippen molar-refractivity contribution in [2.45, 2.75) is 53.4 Å². The molecule has 0 aliphatic heterocycles. The highest BCUT2D eigenvalue weighted by Crippen LogP contribution is 2.28. The van der Waals surface area contributed by atoms with Crippen molar-refractivity contribution in [3.05, 3.63) is 53.1 Å². The van der Waals surface area contributed by atoms with Gasteiger partial charge in [0.05, 0.1) is 5.71 Å². The summed E-state index contributed by atoms with van der Waals surface area (Å²) in [6.45, 7) is 14.3. The smallest absolute Gasteiger partial charge is 0.277 e. The van der Waals surface area contributed by atoms with Gasteiger partial charge in [-0.15, -0.1) is 0 Å². The average molecular weight is 354 g/mol. The molecular formula is C22H30N2O2. The maximum Gasteiger partial charge on any atom is 0.277 e. The van der Waals surface area contributed by atoms with Crippen LogP contribution in [0.25, 0.3) is 0 Å². The van der Waals surface area contributed by atoms with Crippen LogP contribution in [0.1, 0.15) is 57.6 Å². The normalized spacial score (nSPS) is 18.6. The molecule has 0 unspecified atom stereocenters. The summed E-state index contributed by atoms with van der Waals surface area (Å²) in [7, 11) is 0. The Kier molecular flexibility index (Phi) is 6.78. The number of ether oxygens (including phenoxy) is 1. The lowest BCUT2D eigenvalue weighted by atomic mass is 9.85. The number of allylic oxidation sites excluding steroid dienone is 3. The van der Waals surface area contributed by atoms with E-state index in [0.717, 1.165) is 46.6 Å².